The van der Waals surface area contributed by atoms with Gasteiger partial charge in [-0.05, 0) is 37.5 Å². The molecule has 0 aromatic heterocycles. The summed E-state index contributed by atoms with van der Waals surface area (Å²) >= 11 is 0. The Morgan fingerprint density at radius 1 is 0.297 bits per heavy atom. The number of hydrogen-bond donors (Lipinski definition) is 3. The van der Waals surface area contributed by atoms with Crippen LogP contribution in [-0.2, 0) is 65.4 Å². The molecule has 0 saturated carbocycles. The summed E-state index contributed by atoms with van der Waals surface area (Å²) < 4.78 is 68.3. The average molecular weight is 1340 g/mol. The summed E-state index contributed by atoms with van der Waals surface area (Å²) in [6.07, 6.45) is 50.0. The first-order valence-corrected chi connectivity index (χ1v) is 40.5. The molecular formula is C72H140O17P2. The molecule has 0 aromatic carbocycles. The predicted octanol–water partition coefficient (Wildman–Crippen LogP) is 20.8. The first kappa shape index (κ1) is 89.1. The van der Waals surface area contributed by atoms with Crippen molar-refractivity contribution >= 4 is 39.5 Å². The molecule has 0 bridgehead atoms. The van der Waals surface area contributed by atoms with E-state index in [0.717, 1.165) is 102 Å². The molecule has 0 radical (unpaired) electrons. The summed E-state index contributed by atoms with van der Waals surface area (Å²) in [6, 6.07) is 0. The molecule has 0 amide bonds. The van der Waals surface area contributed by atoms with E-state index in [4.69, 9.17) is 37.0 Å². The second-order valence-corrected chi connectivity index (χ2v) is 29.8. The fraction of sp³-hybridized carbons (Fsp3) is 0.944. The molecule has 19 heteroatoms. The summed E-state index contributed by atoms with van der Waals surface area (Å²) in [4.78, 5) is 72.6. The lowest BCUT2D eigenvalue weighted by atomic mass is 10.0. The second-order valence-electron chi connectivity index (χ2n) is 26.9. The standard InChI is InChI=1S/C72H140O17P2/c1-7-9-11-13-15-17-19-20-21-22-23-24-26-32-38-45-51-57-72(77)88-67(60-82-69(74)54-48-42-36-30-28-27-29-34-40-46-52-64(3)4)62-86-90(78,79)84-58-66(73)59-85-91(80,81)87-63-68(61-83-70(75)55-49-43-39-33-35-41-47-53-65(5)6)89-71(76)56-50-44-37-31-25-18-16-14-12-10-8-2/h64-68,73H,7-63H2,1-6H3,(H,78,79)(H,80,81)/t66-,67-,68-/m1/s1. The molecule has 5 atom stereocenters. The lowest BCUT2D eigenvalue weighted by Crippen LogP contribution is -2.30. The van der Waals surface area contributed by atoms with Gasteiger partial charge in [0.1, 0.15) is 19.3 Å². The van der Waals surface area contributed by atoms with Crippen molar-refractivity contribution in [3.63, 3.8) is 0 Å². The summed E-state index contributed by atoms with van der Waals surface area (Å²) in [7, 11) is -9.90. The summed E-state index contributed by atoms with van der Waals surface area (Å²) in [5, 5.41) is 10.6. The van der Waals surface area contributed by atoms with E-state index in [1.807, 2.05) is 0 Å². The lowest BCUT2D eigenvalue weighted by Gasteiger charge is -2.21. The van der Waals surface area contributed by atoms with E-state index in [1.165, 1.54) is 180 Å². The van der Waals surface area contributed by atoms with Gasteiger partial charge in [0.15, 0.2) is 12.2 Å². The Hall–Kier alpha value is -1.94. The highest BCUT2D eigenvalue weighted by Gasteiger charge is 2.30. The molecule has 17 nitrogen and oxygen atoms in total. The largest absolute Gasteiger partial charge is 0.472 e. The van der Waals surface area contributed by atoms with E-state index >= 15 is 0 Å². The third-order valence-electron chi connectivity index (χ3n) is 16.7. The zero-order chi connectivity index (χ0) is 67.2. The summed E-state index contributed by atoms with van der Waals surface area (Å²) in [6.45, 7) is 9.50. The maximum absolute atomic E-state index is 13.0. The highest BCUT2D eigenvalue weighted by molar-refractivity contribution is 7.47. The highest BCUT2D eigenvalue weighted by atomic mass is 31.2. The number of esters is 4. The second kappa shape index (κ2) is 64.1. The zero-order valence-electron chi connectivity index (χ0n) is 59.1. The Kier molecular flexibility index (Phi) is 62.7. The number of hydrogen-bond acceptors (Lipinski definition) is 15. The molecule has 3 N–H and O–H groups in total. The van der Waals surface area contributed by atoms with Crippen LogP contribution in [0, 0.1) is 11.8 Å². The van der Waals surface area contributed by atoms with E-state index in [1.54, 1.807) is 0 Å². The molecule has 0 saturated heterocycles. The summed E-state index contributed by atoms with van der Waals surface area (Å²) in [5.41, 5.74) is 0. The highest BCUT2D eigenvalue weighted by Crippen LogP contribution is 2.45. The minimum absolute atomic E-state index is 0.106. The normalized spacial score (nSPS) is 14.1. The van der Waals surface area contributed by atoms with Crippen molar-refractivity contribution < 1.29 is 80.2 Å². The Labute approximate surface area is 556 Å². The monoisotopic (exact) mass is 1340 g/mol. The van der Waals surface area contributed by atoms with Crippen LogP contribution in [0.4, 0.5) is 0 Å². The van der Waals surface area contributed by atoms with Crippen molar-refractivity contribution in [1.82, 2.24) is 0 Å². The Morgan fingerprint density at radius 2 is 0.505 bits per heavy atom. The number of phosphoric ester groups is 2. The molecule has 540 valence electrons. The smallest absolute Gasteiger partial charge is 0.462 e. The lowest BCUT2D eigenvalue weighted by molar-refractivity contribution is -0.161. The third kappa shape index (κ3) is 66.5. The number of unbranched alkanes of at least 4 members (excludes halogenated alkanes) is 41. The van der Waals surface area contributed by atoms with E-state index in [9.17, 15) is 43.2 Å². The van der Waals surface area contributed by atoms with Crippen LogP contribution in [0.3, 0.4) is 0 Å². The molecule has 0 aromatic rings. The number of carbonyl (C=O) groups excluding carboxylic acids is 4. The average Bonchev–Trinajstić information content (AvgIpc) is 3.73. The van der Waals surface area contributed by atoms with Gasteiger partial charge >= 0.3 is 39.5 Å². The molecule has 0 rings (SSSR count). The van der Waals surface area contributed by atoms with Crippen molar-refractivity contribution in [3.8, 4) is 0 Å². The van der Waals surface area contributed by atoms with Gasteiger partial charge in [-0.2, -0.15) is 0 Å². The number of aliphatic hydroxyl groups excluding tert-OH is 1. The molecule has 0 aliphatic rings. The van der Waals surface area contributed by atoms with Gasteiger partial charge in [0.2, 0.25) is 0 Å². The van der Waals surface area contributed by atoms with Crippen molar-refractivity contribution in [3.05, 3.63) is 0 Å². The maximum atomic E-state index is 13.0. The van der Waals surface area contributed by atoms with Gasteiger partial charge in [-0.15, -0.1) is 0 Å². The van der Waals surface area contributed by atoms with Crippen LogP contribution >= 0.6 is 15.6 Å². The first-order valence-electron chi connectivity index (χ1n) is 37.5. The van der Waals surface area contributed by atoms with E-state index in [-0.39, 0.29) is 25.7 Å². The maximum Gasteiger partial charge on any atom is 0.472 e. The first-order chi connectivity index (χ1) is 43.9. The Morgan fingerprint density at radius 3 is 0.747 bits per heavy atom. The number of ether oxygens (including phenoxy) is 4. The van der Waals surface area contributed by atoms with Crippen molar-refractivity contribution in [1.29, 1.82) is 0 Å². The van der Waals surface area contributed by atoms with Crippen LogP contribution in [0.1, 0.15) is 369 Å². The third-order valence-corrected chi connectivity index (χ3v) is 18.6. The van der Waals surface area contributed by atoms with Crippen LogP contribution in [0.5, 0.6) is 0 Å². The molecule has 0 aliphatic heterocycles. The van der Waals surface area contributed by atoms with Gasteiger partial charge in [0.25, 0.3) is 0 Å². The van der Waals surface area contributed by atoms with Crippen molar-refractivity contribution in [2.45, 2.75) is 387 Å². The van der Waals surface area contributed by atoms with Crippen LogP contribution in [-0.4, -0.2) is 96.7 Å². The SMILES string of the molecule is CCCCCCCCCCCCCCCCCCCC(=O)O[C@H](COC(=O)CCCCCCCCCCCCC(C)C)COP(=O)(O)OC[C@@H](O)COP(=O)(O)OC[C@@H](COC(=O)CCCCCCCCCC(C)C)OC(=O)CCCCCCCCCCCCC. The van der Waals surface area contributed by atoms with E-state index in [0.29, 0.717) is 31.6 Å². The fourth-order valence-electron chi connectivity index (χ4n) is 10.9. The van der Waals surface area contributed by atoms with E-state index in [2.05, 4.69) is 41.5 Å². The van der Waals surface area contributed by atoms with Gasteiger partial charge < -0.3 is 33.8 Å². The number of carbonyl (C=O) groups is 4. The van der Waals surface area contributed by atoms with Crippen LogP contribution in [0.25, 0.3) is 0 Å². The van der Waals surface area contributed by atoms with Crippen LogP contribution in [0.2, 0.25) is 0 Å². The Bertz CT molecular complexity index is 1770. The fourth-order valence-corrected chi connectivity index (χ4v) is 12.5. The number of phosphoric acid groups is 2. The minimum Gasteiger partial charge on any atom is -0.462 e. The minimum atomic E-state index is -4.95. The molecule has 0 fully saturated rings. The molecule has 0 spiro atoms. The zero-order valence-corrected chi connectivity index (χ0v) is 60.9. The topological polar surface area (TPSA) is 237 Å². The molecular weight excluding hydrogens is 1200 g/mol. The van der Waals surface area contributed by atoms with E-state index < -0.39 is 97.5 Å². The molecule has 2 unspecified atom stereocenters. The number of aliphatic hydroxyl groups is 1. The van der Waals surface area contributed by atoms with Crippen LogP contribution in [0.15, 0.2) is 0 Å². The quantitative estimate of drug-likeness (QED) is 0.0222. The van der Waals surface area contributed by atoms with Crippen LogP contribution < -0.4 is 0 Å². The molecule has 0 heterocycles. The van der Waals surface area contributed by atoms with Gasteiger partial charge in [0.05, 0.1) is 26.4 Å². The van der Waals surface area contributed by atoms with Crippen molar-refractivity contribution in [2.24, 2.45) is 11.8 Å². The van der Waals surface area contributed by atoms with Gasteiger partial charge in [0, 0.05) is 25.7 Å². The molecule has 0 aliphatic carbocycles. The van der Waals surface area contributed by atoms with Gasteiger partial charge in [-0.3, -0.25) is 37.3 Å². The van der Waals surface area contributed by atoms with Gasteiger partial charge in [-0.1, -0.05) is 318 Å². The Balaban J connectivity index is 5.24. The molecule has 91 heavy (non-hydrogen) atoms. The number of rotatable bonds is 71. The van der Waals surface area contributed by atoms with Crippen molar-refractivity contribution in [2.75, 3.05) is 39.6 Å². The van der Waals surface area contributed by atoms with Gasteiger partial charge in [-0.25, -0.2) is 9.13 Å². The summed E-state index contributed by atoms with van der Waals surface area (Å²) in [5.74, 6) is -0.657. The predicted molar refractivity (Wildman–Crippen MR) is 368 cm³/mol.